The first kappa shape index (κ1) is 11.6. The van der Waals surface area contributed by atoms with Gasteiger partial charge >= 0.3 is 0 Å². The second kappa shape index (κ2) is 4.53. The van der Waals surface area contributed by atoms with Gasteiger partial charge in [0, 0.05) is 6.20 Å². The van der Waals surface area contributed by atoms with Crippen LogP contribution in [-0.4, -0.2) is 15.0 Å². The Balaban J connectivity index is 2.18. The summed E-state index contributed by atoms with van der Waals surface area (Å²) in [6.07, 6.45) is 3.46. The van der Waals surface area contributed by atoms with E-state index in [0.29, 0.717) is 5.89 Å². The van der Waals surface area contributed by atoms with E-state index in [2.05, 4.69) is 20.3 Å². The number of nitrogens with one attached hydrogen (secondary N) is 1. The van der Waals surface area contributed by atoms with Crippen LogP contribution in [0.2, 0.25) is 0 Å². The standard InChI is InChI=1S/C12H16N4O/c1-7-5-13-9(3)11(15-7)16-10(4)12-14-6-8(2)17-12/h5-6,10H,1-4H3,(H,15,16). The predicted molar refractivity (Wildman–Crippen MR) is 64.8 cm³/mol. The van der Waals surface area contributed by atoms with Gasteiger partial charge < -0.3 is 9.73 Å². The van der Waals surface area contributed by atoms with Crippen molar-refractivity contribution >= 4 is 5.82 Å². The molecule has 0 aliphatic heterocycles. The molecule has 0 radical (unpaired) electrons. The molecule has 90 valence electrons. The van der Waals surface area contributed by atoms with Crippen LogP contribution in [0.15, 0.2) is 16.8 Å². The molecule has 0 aliphatic carbocycles. The third kappa shape index (κ3) is 2.61. The van der Waals surface area contributed by atoms with Crippen LogP contribution in [0.4, 0.5) is 5.82 Å². The van der Waals surface area contributed by atoms with Gasteiger partial charge in [0.15, 0.2) is 0 Å². The lowest BCUT2D eigenvalue weighted by atomic mass is 10.3. The molecule has 1 unspecified atom stereocenters. The van der Waals surface area contributed by atoms with E-state index in [0.717, 1.165) is 23.0 Å². The molecule has 2 aromatic rings. The van der Waals surface area contributed by atoms with Crippen molar-refractivity contribution in [3.8, 4) is 0 Å². The summed E-state index contributed by atoms with van der Waals surface area (Å²) in [6, 6.07) is -0.0292. The zero-order chi connectivity index (χ0) is 12.4. The van der Waals surface area contributed by atoms with Gasteiger partial charge in [-0.3, -0.25) is 4.98 Å². The molecule has 5 heteroatoms. The predicted octanol–water partition coefficient (Wildman–Crippen LogP) is 2.56. The highest BCUT2D eigenvalue weighted by Crippen LogP contribution is 2.19. The summed E-state index contributed by atoms with van der Waals surface area (Å²) in [5.41, 5.74) is 1.75. The van der Waals surface area contributed by atoms with Crippen molar-refractivity contribution in [1.82, 2.24) is 15.0 Å². The SMILES string of the molecule is Cc1cnc(C)c(NC(C)c2ncc(C)o2)n1. The molecule has 2 rings (SSSR count). The molecule has 0 saturated heterocycles. The minimum atomic E-state index is -0.0292. The lowest BCUT2D eigenvalue weighted by Crippen LogP contribution is -2.10. The lowest BCUT2D eigenvalue weighted by molar-refractivity contribution is 0.453. The van der Waals surface area contributed by atoms with Crippen LogP contribution in [-0.2, 0) is 0 Å². The third-order valence-electron chi connectivity index (χ3n) is 2.44. The third-order valence-corrected chi connectivity index (χ3v) is 2.44. The number of hydrogen-bond acceptors (Lipinski definition) is 5. The molecule has 0 aliphatic rings. The Labute approximate surface area is 100 Å². The fraction of sp³-hybridized carbons (Fsp3) is 0.417. The van der Waals surface area contributed by atoms with Gasteiger partial charge in [0.05, 0.1) is 17.6 Å². The van der Waals surface area contributed by atoms with E-state index in [1.807, 2.05) is 27.7 Å². The maximum Gasteiger partial charge on any atom is 0.216 e. The van der Waals surface area contributed by atoms with Crippen LogP contribution >= 0.6 is 0 Å². The number of nitrogens with zero attached hydrogens (tertiary/aromatic N) is 3. The summed E-state index contributed by atoms with van der Waals surface area (Å²) in [4.78, 5) is 12.8. The second-order valence-electron chi connectivity index (χ2n) is 4.12. The van der Waals surface area contributed by atoms with Gasteiger partial charge in [0.1, 0.15) is 17.6 Å². The van der Waals surface area contributed by atoms with Crippen LogP contribution in [0.5, 0.6) is 0 Å². The molecule has 0 amide bonds. The van der Waals surface area contributed by atoms with Gasteiger partial charge in [-0.2, -0.15) is 0 Å². The molecule has 17 heavy (non-hydrogen) atoms. The Morgan fingerprint density at radius 2 is 1.94 bits per heavy atom. The first-order valence-electron chi connectivity index (χ1n) is 5.55. The first-order valence-corrected chi connectivity index (χ1v) is 5.55. The Morgan fingerprint density at radius 1 is 1.18 bits per heavy atom. The van der Waals surface area contributed by atoms with E-state index < -0.39 is 0 Å². The lowest BCUT2D eigenvalue weighted by Gasteiger charge is -2.12. The average molecular weight is 232 g/mol. The van der Waals surface area contributed by atoms with E-state index in [9.17, 15) is 0 Å². The molecule has 2 aromatic heterocycles. The van der Waals surface area contributed by atoms with Gasteiger partial charge in [-0.25, -0.2) is 9.97 Å². The number of rotatable bonds is 3. The topological polar surface area (TPSA) is 63.8 Å². The highest BCUT2D eigenvalue weighted by Gasteiger charge is 2.13. The monoisotopic (exact) mass is 232 g/mol. The van der Waals surface area contributed by atoms with Gasteiger partial charge in [-0.05, 0) is 27.7 Å². The number of anilines is 1. The van der Waals surface area contributed by atoms with Crippen LogP contribution in [0, 0.1) is 20.8 Å². The molecule has 0 bridgehead atoms. The molecule has 0 aromatic carbocycles. The minimum absolute atomic E-state index is 0.0292. The molecule has 0 saturated carbocycles. The average Bonchev–Trinajstić information content (AvgIpc) is 2.70. The van der Waals surface area contributed by atoms with E-state index >= 15 is 0 Å². The van der Waals surface area contributed by atoms with E-state index in [4.69, 9.17) is 4.42 Å². The smallest absolute Gasteiger partial charge is 0.216 e. The van der Waals surface area contributed by atoms with Crippen molar-refractivity contribution in [2.24, 2.45) is 0 Å². The highest BCUT2D eigenvalue weighted by atomic mass is 16.4. The Bertz CT molecular complexity index is 521. The normalized spacial score (nSPS) is 12.5. The van der Waals surface area contributed by atoms with Gasteiger partial charge in [0.25, 0.3) is 0 Å². The summed E-state index contributed by atoms with van der Waals surface area (Å²) in [5.74, 6) is 2.24. The summed E-state index contributed by atoms with van der Waals surface area (Å²) in [6.45, 7) is 7.69. The van der Waals surface area contributed by atoms with Gasteiger partial charge in [-0.15, -0.1) is 0 Å². The molecule has 0 spiro atoms. The van der Waals surface area contributed by atoms with E-state index in [-0.39, 0.29) is 6.04 Å². The zero-order valence-electron chi connectivity index (χ0n) is 10.5. The van der Waals surface area contributed by atoms with Crippen molar-refractivity contribution in [1.29, 1.82) is 0 Å². The zero-order valence-corrected chi connectivity index (χ0v) is 10.5. The van der Waals surface area contributed by atoms with Crippen LogP contribution < -0.4 is 5.32 Å². The largest absolute Gasteiger partial charge is 0.444 e. The molecular formula is C12H16N4O. The number of aromatic nitrogens is 3. The first-order chi connectivity index (χ1) is 8.06. The second-order valence-corrected chi connectivity index (χ2v) is 4.12. The molecule has 1 atom stereocenters. The number of oxazole rings is 1. The van der Waals surface area contributed by atoms with Crippen molar-refractivity contribution < 1.29 is 4.42 Å². The quantitative estimate of drug-likeness (QED) is 0.881. The minimum Gasteiger partial charge on any atom is -0.444 e. The Morgan fingerprint density at radius 3 is 2.59 bits per heavy atom. The van der Waals surface area contributed by atoms with Gasteiger partial charge in [0.2, 0.25) is 5.89 Å². The van der Waals surface area contributed by atoms with Crippen LogP contribution in [0.25, 0.3) is 0 Å². The summed E-state index contributed by atoms with van der Waals surface area (Å²) in [7, 11) is 0. The molecule has 5 nitrogen and oxygen atoms in total. The van der Waals surface area contributed by atoms with E-state index in [1.54, 1.807) is 12.4 Å². The van der Waals surface area contributed by atoms with Crippen molar-refractivity contribution in [3.63, 3.8) is 0 Å². The fourth-order valence-corrected chi connectivity index (χ4v) is 1.51. The molecule has 2 heterocycles. The molecular weight excluding hydrogens is 216 g/mol. The van der Waals surface area contributed by atoms with Crippen molar-refractivity contribution in [2.75, 3.05) is 5.32 Å². The summed E-state index contributed by atoms with van der Waals surface area (Å²) in [5, 5.41) is 3.25. The van der Waals surface area contributed by atoms with E-state index in [1.165, 1.54) is 0 Å². The summed E-state index contributed by atoms with van der Waals surface area (Å²) >= 11 is 0. The van der Waals surface area contributed by atoms with Gasteiger partial charge in [-0.1, -0.05) is 0 Å². The van der Waals surface area contributed by atoms with Crippen LogP contribution in [0.3, 0.4) is 0 Å². The Hall–Kier alpha value is -1.91. The molecule has 0 fully saturated rings. The Kier molecular flexibility index (Phi) is 3.08. The number of aryl methyl sites for hydroxylation is 3. The fourth-order valence-electron chi connectivity index (χ4n) is 1.51. The van der Waals surface area contributed by atoms with Crippen molar-refractivity contribution in [3.05, 3.63) is 35.4 Å². The van der Waals surface area contributed by atoms with Crippen molar-refractivity contribution in [2.45, 2.75) is 33.7 Å². The molecule has 1 N–H and O–H groups in total. The highest BCUT2D eigenvalue weighted by molar-refractivity contribution is 5.40. The van der Waals surface area contributed by atoms with Crippen LogP contribution in [0.1, 0.15) is 36.0 Å². The maximum atomic E-state index is 5.47. The number of hydrogen-bond donors (Lipinski definition) is 1. The maximum absolute atomic E-state index is 5.47. The summed E-state index contributed by atoms with van der Waals surface area (Å²) < 4.78 is 5.47.